The van der Waals surface area contributed by atoms with E-state index in [-0.39, 0.29) is 29.8 Å². The van der Waals surface area contributed by atoms with Crippen LogP contribution in [0.5, 0.6) is 0 Å². The highest BCUT2D eigenvalue weighted by molar-refractivity contribution is 5.89. The molecule has 2 amide bonds. The lowest BCUT2D eigenvalue weighted by Crippen LogP contribution is -2.45. The molecule has 1 aliphatic rings. The number of hydrogen-bond acceptors (Lipinski definition) is 3. The molecule has 1 heterocycles. The third kappa shape index (κ3) is 6.13. The fraction of sp³-hybridized carbons (Fsp3) is 0.889. The monoisotopic (exact) mass is 325 g/mol. The van der Waals surface area contributed by atoms with Crippen molar-refractivity contribution in [1.82, 2.24) is 15.1 Å². The zero-order valence-corrected chi connectivity index (χ0v) is 15.8. The molecule has 1 aliphatic heterocycles. The van der Waals surface area contributed by atoms with Crippen molar-refractivity contribution in [2.24, 2.45) is 11.8 Å². The smallest absolute Gasteiger partial charge is 0.225 e. The van der Waals surface area contributed by atoms with Crippen LogP contribution < -0.4 is 5.32 Å². The molecule has 1 saturated heterocycles. The van der Waals surface area contributed by atoms with Gasteiger partial charge in [-0.05, 0) is 39.3 Å². The summed E-state index contributed by atoms with van der Waals surface area (Å²) >= 11 is 0. The van der Waals surface area contributed by atoms with Gasteiger partial charge < -0.3 is 15.1 Å². The molecule has 0 aliphatic carbocycles. The maximum Gasteiger partial charge on any atom is 0.225 e. The number of hydrogen-bond donors (Lipinski definition) is 1. The van der Waals surface area contributed by atoms with Gasteiger partial charge in [0.1, 0.15) is 0 Å². The van der Waals surface area contributed by atoms with E-state index in [2.05, 4.69) is 37.9 Å². The summed E-state index contributed by atoms with van der Waals surface area (Å²) in [6.07, 6.45) is 3.22. The number of nitrogens with one attached hydrogen (secondary N) is 1. The maximum absolute atomic E-state index is 12.6. The van der Waals surface area contributed by atoms with Crippen molar-refractivity contribution in [2.75, 3.05) is 27.2 Å². The molecule has 0 aromatic carbocycles. The second-order valence-corrected chi connectivity index (χ2v) is 7.51. The lowest BCUT2D eigenvalue weighted by atomic mass is 10.0. The Labute approximate surface area is 141 Å². The minimum Gasteiger partial charge on any atom is -0.352 e. The molecule has 2 atom stereocenters. The summed E-state index contributed by atoms with van der Waals surface area (Å²) in [7, 11) is 4.04. The summed E-state index contributed by atoms with van der Waals surface area (Å²) in [5.74, 6) is 0.512. The normalized spacial score (nSPS) is 20.0. The largest absolute Gasteiger partial charge is 0.352 e. The molecule has 0 radical (unpaired) electrons. The molecule has 23 heavy (non-hydrogen) atoms. The molecular weight excluding hydrogens is 290 g/mol. The Kier molecular flexibility index (Phi) is 8.03. The lowest BCUT2D eigenvalue weighted by Gasteiger charge is -2.27. The van der Waals surface area contributed by atoms with Gasteiger partial charge in [0.25, 0.3) is 0 Å². The van der Waals surface area contributed by atoms with Gasteiger partial charge in [0.2, 0.25) is 11.8 Å². The van der Waals surface area contributed by atoms with Crippen molar-refractivity contribution < 1.29 is 9.59 Å². The lowest BCUT2D eigenvalue weighted by molar-refractivity contribution is -0.130. The van der Waals surface area contributed by atoms with Crippen LogP contribution in [0.25, 0.3) is 0 Å². The van der Waals surface area contributed by atoms with Crippen LogP contribution in [0.1, 0.15) is 53.4 Å². The number of rotatable bonds is 9. The van der Waals surface area contributed by atoms with E-state index in [9.17, 15) is 9.59 Å². The number of amides is 2. The Morgan fingerprint density at radius 1 is 1.30 bits per heavy atom. The van der Waals surface area contributed by atoms with Crippen LogP contribution in [0.3, 0.4) is 0 Å². The predicted octanol–water partition coefficient (Wildman–Crippen LogP) is 2.12. The Morgan fingerprint density at radius 2 is 1.91 bits per heavy atom. The molecule has 5 nitrogen and oxygen atoms in total. The predicted molar refractivity (Wildman–Crippen MR) is 94.1 cm³/mol. The number of carbonyl (C=O) groups excluding carboxylic acids is 2. The number of carbonyl (C=O) groups is 2. The van der Waals surface area contributed by atoms with Crippen LogP contribution in [-0.2, 0) is 9.59 Å². The van der Waals surface area contributed by atoms with E-state index < -0.39 is 0 Å². The highest BCUT2D eigenvalue weighted by atomic mass is 16.2. The molecule has 0 aromatic heterocycles. The highest BCUT2D eigenvalue weighted by Crippen LogP contribution is 2.23. The summed E-state index contributed by atoms with van der Waals surface area (Å²) < 4.78 is 0. The zero-order chi connectivity index (χ0) is 17.6. The summed E-state index contributed by atoms with van der Waals surface area (Å²) in [5.41, 5.74) is 0. The van der Waals surface area contributed by atoms with Gasteiger partial charge in [0.05, 0.1) is 5.92 Å². The Balaban J connectivity index is 2.64. The molecule has 1 rings (SSSR count). The van der Waals surface area contributed by atoms with Crippen molar-refractivity contribution >= 4 is 11.8 Å². The van der Waals surface area contributed by atoms with Crippen LogP contribution in [0.2, 0.25) is 0 Å². The first-order chi connectivity index (χ1) is 10.8. The van der Waals surface area contributed by atoms with E-state index in [1.807, 2.05) is 19.0 Å². The first-order valence-electron chi connectivity index (χ1n) is 9.02. The van der Waals surface area contributed by atoms with E-state index in [0.717, 1.165) is 25.8 Å². The van der Waals surface area contributed by atoms with Crippen LogP contribution >= 0.6 is 0 Å². The van der Waals surface area contributed by atoms with Crippen molar-refractivity contribution in [3.8, 4) is 0 Å². The fourth-order valence-corrected chi connectivity index (χ4v) is 3.50. The third-order valence-electron chi connectivity index (χ3n) is 4.60. The van der Waals surface area contributed by atoms with Crippen molar-refractivity contribution in [3.63, 3.8) is 0 Å². The van der Waals surface area contributed by atoms with Crippen LogP contribution in [0.4, 0.5) is 0 Å². The summed E-state index contributed by atoms with van der Waals surface area (Å²) in [5, 5.41) is 3.18. The van der Waals surface area contributed by atoms with Crippen molar-refractivity contribution in [1.29, 1.82) is 0 Å². The minimum atomic E-state index is -0.195. The van der Waals surface area contributed by atoms with E-state index in [1.165, 1.54) is 0 Å². The second-order valence-electron chi connectivity index (χ2n) is 7.51. The van der Waals surface area contributed by atoms with Crippen molar-refractivity contribution in [2.45, 2.75) is 65.5 Å². The molecule has 1 fully saturated rings. The molecule has 134 valence electrons. The van der Waals surface area contributed by atoms with Gasteiger partial charge in [-0.3, -0.25) is 9.59 Å². The van der Waals surface area contributed by atoms with Gasteiger partial charge in [-0.2, -0.15) is 0 Å². The number of nitrogens with zero attached hydrogens (tertiary/aromatic N) is 2. The Bertz CT molecular complexity index is 382. The Morgan fingerprint density at radius 3 is 2.39 bits per heavy atom. The van der Waals surface area contributed by atoms with Gasteiger partial charge in [-0.15, -0.1) is 0 Å². The van der Waals surface area contributed by atoms with E-state index in [0.29, 0.717) is 18.9 Å². The van der Waals surface area contributed by atoms with Gasteiger partial charge in [-0.25, -0.2) is 0 Å². The summed E-state index contributed by atoms with van der Waals surface area (Å²) in [6.45, 7) is 9.95. The van der Waals surface area contributed by atoms with Crippen LogP contribution in [0.15, 0.2) is 0 Å². The average molecular weight is 325 g/mol. The van der Waals surface area contributed by atoms with Gasteiger partial charge >= 0.3 is 0 Å². The number of likely N-dealkylation sites (tertiary alicyclic amines) is 1. The third-order valence-corrected chi connectivity index (χ3v) is 4.60. The van der Waals surface area contributed by atoms with E-state index in [4.69, 9.17) is 0 Å². The van der Waals surface area contributed by atoms with Crippen molar-refractivity contribution in [3.05, 3.63) is 0 Å². The average Bonchev–Trinajstić information content (AvgIpc) is 2.81. The fourth-order valence-electron chi connectivity index (χ4n) is 3.50. The summed E-state index contributed by atoms with van der Waals surface area (Å²) in [4.78, 5) is 28.8. The molecule has 0 bridgehead atoms. The maximum atomic E-state index is 12.6. The molecular formula is C18H35N3O2. The molecule has 0 saturated carbocycles. The molecule has 0 spiro atoms. The molecule has 5 heteroatoms. The van der Waals surface area contributed by atoms with Crippen LogP contribution in [-0.4, -0.2) is 60.9 Å². The Hall–Kier alpha value is -1.10. The standard InChI is InChI=1S/C18H35N3O2/c1-7-16(8-2)21-11-14(10-17(21)22)18(23)19-15(9-13(3)4)12-20(5)6/h13-16H,7-12H2,1-6H3,(H,19,23). The second kappa shape index (κ2) is 9.26. The van der Waals surface area contributed by atoms with Gasteiger partial charge in [-0.1, -0.05) is 27.7 Å². The van der Waals surface area contributed by atoms with Gasteiger partial charge in [0, 0.05) is 31.6 Å². The first kappa shape index (κ1) is 19.9. The van der Waals surface area contributed by atoms with Crippen LogP contribution in [0, 0.1) is 11.8 Å². The highest BCUT2D eigenvalue weighted by Gasteiger charge is 2.37. The minimum absolute atomic E-state index is 0.0410. The van der Waals surface area contributed by atoms with E-state index in [1.54, 1.807) is 0 Å². The van der Waals surface area contributed by atoms with E-state index >= 15 is 0 Å². The molecule has 2 unspecified atom stereocenters. The zero-order valence-electron chi connectivity index (χ0n) is 15.8. The molecule has 0 aromatic rings. The topological polar surface area (TPSA) is 52.7 Å². The van der Waals surface area contributed by atoms with Gasteiger partial charge in [0.15, 0.2) is 0 Å². The quantitative estimate of drug-likeness (QED) is 0.706. The summed E-state index contributed by atoms with van der Waals surface area (Å²) in [6, 6.07) is 0.420. The molecule has 1 N–H and O–H groups in total. The number of likely N-dealkylation sites (N-methyl/N-ethyl adjacent to an activating group) is 1. The SMILES string of the molecule is CCC(CC)N1CC(C(=O)NC(CC(C)C)CN(C)C)CC1=O. The first-order valence-corrected chi connectivity index (χ1v) is 9.02.